The van der Waals surface area contributed by atoms with Gasteiger partial charge in [-0.2, -0.15) is 0 Å². The first-order valence-electron chi connectivity index (χ1n) is 5.78. The summed E-state index contributed by atoms with van der Waals surface area (Å²) >= 11 is 0. The topological polar surface area (TPSA) is 36.9 Å². The van der Waals surface area contributed by atoms with Crippen molar-refractivity contribution in [2.45, 2.75) is 0 Å². The average Bonchev–Trinajstić information content (AvgIpc) is 2.48. The van der Waals surface area contributed by atoms with E-state index in [4.69, 9.17) is 18.1 Å². The largest absolute Gasteiger partial charge is 0.493 e. The van der Waals surface area contributed by atoms with Gasteiger partial charge in [-0.3, -0.25) is 9.05 Å². The Morgan fingerprint density at radius 1 is 0.632 bits per heavy atom. The molecule has 1 radical (unpaired) electrons. The molecule has 0 aromatic heterocycles. The van der Waals surface area contributed by atoms with Gasteiger partial charge in [-0.1, -0.05) is 36.4 Å². The molecule has 2 rings (SSSR count). The van der Waals surface area contributed by atoms with E-state index >= 15 is 0 Å². The standard InChI is InChI=1S/C14H16O4P/c1-15-19(16-2,17-13-9-5-3-6-10-13)18-14-11-7-4-8-12-14/h3-12H,1-2H3. The summed E-state index contributed by atoms with van der Waals surface area (Å²) in [6, 6.07) is 18.6. The van der Waals surface area contributed by atoms with Crippen LogP contribution in [-0.2, 0) is 9.05 Å². The molecule has 0 heterocycles. The van der Waals surface area contributed by atoms with Crippen LogP contribution in [0.4, 0.5) is 0 Å². The maximum Gasteiger partial charge on any atom is 0.493 e. The Labute approximate surface area is 113 Å². The molecule has 0 saturated carbocycles. The minimum Gasteiger partial charge on any atom is -0.406 e. The van der Waals surface area contributed by atoms with Crippen LogP contribution in [0.2, 0.25) is 0 Å². The van der Waals surface area contributed by atoms with E-state index in [0.717, 1.165) is 0 Å². The molecular weight excluding hydrogens is 263 g/mol. The first kappa shape index (κ1) is 13.8. The quantitative estimate of drug-likeness (QED) is 0.745. The van der Waals surface area contributed by atoms with Crippen molar-refractivity contribution in [3.63, 3.8) is 0 Å². The highest BCUT2D eigenvalue weighted by atomic mass is 31.2. The van der Waals surface area contributed by atoms with E-state index in [-0.39, 0.29) is 0 Å². The lowest BCUT2D eigenvalue weighted by atomic mass is 10.3. The molecule has 2 aromatic carbocycles. The molecule has 0 aliphatic rings. The van der Waals surface area contributed by atoms with E-state index in [2.05, 4.69) is 0 Å². The Hall–Kier alpha value is -1.61. The molecule has 0 bridgehead atoms. The van der Waals surface area contributed by atoms with Gasteiger partial charge in [-0.25, -0.2) is 0 Å². The van der Waals surface area contributed by atoms with Crippen LogP contribution < -0.4 is 9.05 Å². The molecule has 0 amide bonds. The van der Waals surface area contributed by atoms with Crippen molar-refractivity contribution in [3.8, 4) is 11.5 Å². The minimum atomic E-state index is -2.90. The first-order valence-corrected chi connectivity index (χ1v) is 7.24. The summed E-state index contributed by atoms with van der Waals surface area (Å²) in [6.07, 6.45) is 0. The van der Waals surface area contributed by atoms with E-state index in [1.165, 1.54) is 14.2 Å². The Kier molecular flexibility index (Phi) is 4.74. The predicted molar refractivity (Wildman–Crippen MR) is 75.1 cm³/mol. The fourth-order valence-electron chi connectivity index (χ4n) is 1.46. The summed E-state index contributed by atoms with van der Waals surface area (Å²) < 4.78 is 22.2. The van der Waals surface area contributed by atoms with Crippen LogP contribution in [0.25, 0.3) is 0 Å². The lowest BCUT2D eigenvalue weighted by molar-refractivity contribution is 0.180. The van der Waals surface area contributed by atoms with Crippen molar-refractivity contribution in [2.75, 3.05) is 14.2 Å². The Balaban J connectivity index is 2.18. The summed E-state index contributed by atoms with van der Waals surface area (Å²) in [5.41, 5.74) is 0. The lowest BCUT2D eigenvalue weighted by Crippen LogP contribution is -2.12. The average molecular weight is 279 g/mol. The highest BCUT2D eigenvalue weighted by molar-refractivity contribution is 7.57. The van der Waals surface area contributed by atoms with Gasteiger partial charge >= 0.3 is 8.17 Å². The van der Waals surface area contributed by atoms with Crippen molar-refractivity contribution < 1.29 is 18.1 Å². The molecule has 2 aromatic rings. The normalized spacial score (nSPS) is 11.1. The summed E-state index contributed by atoms with van der Waals surface area (Å²) in [5.74, 6) is 1.27. The van der Waals surface area contributed by atoms with Crippen molar-refractivity contribution in [2.24, 2.45) is 0 Å². The third-order valence-corrected chi connectivity index (χ3v) is 4.13. The van der Waals surface area contributed by atoms with E-state index in [0.29, 0.717) is 11.5 Å². The molecule has 0 aliphatic carbocycles. The number of benzene rings is 2. The van der Waals surface area contributed by atoms with Crippen molar-refractivity contribution in [1.29, 1.82) is 0 Å². The first-order chi connectivity index (χ1) is 9.28. The van der Waals surface area contributed by atoms with Gasteiger partial charge in [0.05, 0.1) is 0 Å². The molecule has 4 nitrogen and oxygen atoms in total. The fraction of sp³-hybridized carbons (Fsp3) is 0.143. The van der Waals surface area contributed by atoms with Gasteiger partial charge in [0.15, 0.2) is 0 Å². The third kappa shape index (κ3) is 3.67. The molecule has 0 N–H and O–H groups in total. The SMILES string of the molecule is CO[P](OC)(Oc1ccccc1)Oc1ccccc1. The summed E-state index contributed by atoms with van der Waals surface area (Å²) in [6.45, 7) is 0. The van der Waals surface area contributed by atoms with Crippen molar-refractivity contribution in [1.82, 2.24) is 0 Å². The molecule has 19 heavy (non-hydrogen) atoms. The highest BCUT2D eigenvalue weighted by Crippen LogP contribution is 2.60. The molecule has 5 heteroatoms. The van der Waals surface area contributed by atoms with Gasteiger partial charge in [-0.05, 0) is 24.3 Å². The maximum atomic E-state index is 5.75. The van der Waals surface area contributed by atoms with E-state index < -0.39 is 8.17 Å². The molecule has 0 aliphatic heterocycles. The van der Waals surface area contributed by atoms with Crippen molar-refractivity contribution >= 4 is 8.17 Å². The van der Waals surface area contributed by atoms with Crippen LogP contribution in [0.1, 0.15) is 0 Å². The monoisotopic (exact) mass is 279 g/mol. The Morgan fingerprint density at radius 2 is 1.00 bits per heavy atom. The second kappa shape index (κ2) is 6.53. The Morgan fingerprint density at radius 3 is 1.32 bits per heavy atom. The van der Waals surface area contributed by atoms with E-state index in [9.17, 15) is 0 Å². The maximum absolute atomic E-state index is 5.75. The van der Waals surface area contributed by atoms with E-state index in [1.54, 1.807) is 0 Å². The second-order valence-electron chi connectivity index (χ2n) is 3.62. The van der Waals surface area contributed by atoms with Crippen LogP contribution in [0.3, 0.4) is 0 Å². The Bertz CT molecular complexity index is 442. The molecule has 0 spiro atoms. The van der Waals surface area contributed by atoms with E-state index in [1.807, 2.05) is 60.7 Å². The molecule has 0 fully saturated rings. The fourth-order valence-corrected chi connectivity index (χ4v) is 2.71. The molecule has 101 valence electrons. The molecule has 0 atom stereocenters. The van der Waals surface area contributed by atoms with Crippen LogP contribution in [0.5, 0.6) is 11.5 Å². The van der Waals surface area contributed by atoms with Crippen LogP contribution in [0.15, 0.2) is 60.7 Å². The molecule has 0 unspecified atom stereocenters. The number of para-hydroxylation sites is 2. The third-order valence-electron chi connectivity index (χ3n) is 2.37. The molecule has 0 saturated heterocycles. The van der Waals surface area contributed by atoms with Gasteiger partial charge in [0.1, 0.15) is 11.5 Å². The van der Waals surface area contributed by atoms with Crippen molar-refractivity contribution in [3.05, 3.63) is 60.7 Å². The van der Waals surface area contributed by atoms with Crippen LogP contribution in [-0.4, -0.2) is 14.2 Å². The zero-order valence-corrected chi connectivity index (χ0v) is 11.7. The second-order valence-corrected chi connectivity index (χ2v) is 5.61. The van der Waals surface area contributed by atoms with Gasteiger partial charge < -0.3 is 9.05 Å². The van der Waals surface area contributed by atoms with Gasteiger partial charge in [0.25, 0.3) is 0 Å². The van der Waals surface area contributed by atoms with Crippen LogP contribution >= 0.6 is 8.17 Å². The lowest BCUT2D eigenvalue weighted by Gasteiger charge is -2.30. The highest BCUT2D eigenvalue weighted by Gasteiger charge is 2.36. The van der Waals surface area contributed by atoms with Crippen LogP contribution in [0, 0.1) is 0 Å². The van der Waals surface area contributed by atoms with Gasteiger partial charge in [0.2, 0.25) is 0 Å². The minimum absolute atomic E-state index is 0.635. The predicted octanol–water partition coefficient (Wildman–Crippen LogP) is 4.11. The number of hydrogen-bond donors (Lipinski definition) is 0. The molecular formula is C14H16O4P. The van der Waals surface area contributed by atoms with Gasteiger partial charge in [-0.15, -0.1) is 0 Å². The smallest absolute Gasteiger partial charge is 0.406 e. The number of hydrogen-bond acceptors (Lipinski definition) is 4. The number of rotatable bonds is 6. The summed E-state index contributed by atoms with van der Waals surface area (Å²) in [7, 11) is 0.105. The summed E-state index contributed by atoms with van der Waals surface area (Å²) in [4.78, 5) is 0. The zero-order chi connectivity index (χ0) is 13.6. The van der Waals surface area contributed by atoms with Gasteiger partial charge in [0, 0.05) is 14.2 Å². The summed E-state index contributed by atoms with van der Waals surface area (Å²) in [5, 5.41) is 0. The zero-order valence-electron chi connectivity index (χ0n) is 10.9.